The van der Waals surface area contributed by atoms with E-state index in [9.17, 15) is 4.79 Å². The quantitative estimate of drug-likeness (QED) is 0.895. The van der Waals surface area contributed by atoms with E-state index in [0.29, 0.717) is 5.88 Å². The van der Waals surface area contributed by atoms with Crippen molar-refractivity contribution in [1.82, 2.24) is 9.78 Å². The van der Waals surface area contributed by atoms with E-state index in [1.165, 1.54) is 0 Å². The first-order chi connectivity index (χ1) is 8.56. The van der Waals surface area contributed by atoms with Gasteiger partial charge in [-0.15, -0.1) is 5.10 Å². The molecule has 1 aromatic heterocycles. The van der Waals surface area contributed by atoms with Crippen LogP contribution in [0.1, 0.15) is 11.3 Å². The Morgan fingerprint density at radius 1 is 1.39 bits per heavy atom. The number of carbonyl (C=O) groups is 1. The number of aromatic nitrogens is 2. The molecular formula is C13H14N2O3. The minimum atomic E-state index is -1.02. The van der Waals surface area contributed by atoms with Crippen molar-refractivity contribution < 1.29 is 14.6 Å². The number of aliphatic carboxylic acids is 1. The van der Waals surface area contributed by atoms with E-state index in [1.807, 2.05) is 38.1 Å². The van der Waals surface area contributed by atoms with Crippen LogP contribution < -0.4 is 4.74 Å². The smallest absolute Gasteiger partial charge is 0.341 e. The summed E-state index contributed by atoms with van der Waals surface area (Å²) in [6.45, 7) is 3.51. The molecule has 2 aromatic rings. The van der Waals surface area contributed by atoms with Gasteiger partial charge in [-0.2, -0.15) is 0 Å². The fourth-order valence-electron chi connectivity index (χ4n) is 1.67. The third-order valence-corrected chi connectivity index (χ3v) is 2.45. The molecule has 18 heavy (non-hydrogen) atoms. The largest absolute Gasteiger partial charge is 0.479 e. The van der Waals surface area contributed by atoms with E-state index in [0.717, 1.165) is 16.9 Å². The van der Waals surface area contributed by atoms with Crippen LogP contribution in [0.25, 0.3) is 5.69 Å². The second kappa shape index (κ2) is 4.91. The number of nitrogens with zero attached hydrogens (tertiary/aromatic N) is 2. The molecule has 0 saturated heterocycles. The number of aryl methyl sites for hydroxylation is 2. The molecule has 1 N–H and O–H groups in total. The highest BCUT2D eigenvalue weighted by Crippen LogP contribution is 2.17. The van der Waals surface area contributed by atoms with E-state index in [-0.39, 0.29) is 6.61 Å². The van der Waals surface area contributed by atoms with E-state index < -0.39 is 5.97 Å². The van der Waals surface area contributed by atoms with Crippen molar-refractivity contribution in [2.24, 2.45) is 0 Å². The first kappa shape index (κ1) is 12.2. The standard InChI is InChI=1S/C13H14N2O3/c1-9-4-3-5-11(6-9)15-10(2)7-12(14-15)18-8-13(16)17/h3-7H,8H2,1-2H3,(H,16,17). The molecule has 0 aliphatic carbocycles. The average Bonchev–Trinajstić information content (AvgIpc) is 2.68. The number of carboxylic acids is 1. The second-order valence-electron chi connectivity index (χ2n) is 4.06. The van der Waals surface area contributed by atoms with Crippen LogP contribution in [0.4, 0.5) is 0 Å². The average molecular weight is 246 g/mol. The fourth-order valence-corrected chi connectivity index (χ4v) is 1.67. The molecule has 0 atom stereocenters. The zero-order valence-electron chi connectivity index (χ0n) is 10.3. The van der Waals surface area contributed by atoms with Gasteiger partial charge in [-0.1, -0.05) is 12.1 Å². The normalized spacial score (nSPS) is 10.3. The van der Waals surface area contributed by atoms with Crippen LogP contribution >= 0.6 is 0 Å². The molecule has 1 heterocycles. The number of ether oxygens (including phenoxy) is 1. The summed E-state index contributed by atoms with van der Waals surface area (Å²) in [5, 5.41) is 12.8. The summed E-state index contributed by atoms with van der Waals surface area (Å²) < 4.78 is 6.78. The van der Waals surface area contributed by atoms with Gasteiger partial charge >= 0.3 is 5.97 Å². The third-order valence-electron chi connectivity index (χ3n) is 2.45. The Morgan fingerprint density at radius 2 is 2.17 bits per heavy atom. The monoisotopic (exact) mass is 246 g/mol. The first-order valence-corrected chi connectivity index (χ1v) is 5.54. The van der Waals surface area contributed by atoms with Crippen molar-refractivity contribution in [3.8, 4) is 11.6 Å². The lowest BCUT2D eigenvalue weighted by Crippen LogP contribution is -2.10. The maximum absolute atomic E-state index is 10.4. The van der Waals surface area contributed by atoms with Crippen molar-refractivity contribution in [1.29, 1.82) is 0 Å². The van der Waals surface area contributed by atoms with E-state index >= 15 is 0 Å². The molecule has 0 bridgehead atoms. The molecule has 94 valence electrons. The Kier molecular flexibility index (Phi) is 3.32. The van der Waals surface area contributed by atoms with Crippen LogP contribution in [-0.4, -0.2) is 27.5 Å². The first-order valence-electron chi connectivity index (χ1n) is 5.54. The van der Waals surface area contributed by atoms with Gasteiger partial charge in [0.05, 0.1) is 5.69 Å². The molecule has 0 radical (unpaired) electrons. The number of carboxylic acid groups (broad SMARTS) is 1. The molecular weight excluding hydrogens is 232 g/mol. The van der Waals surface area contributed by atoms with Gasteiger partial charge < -0.3 is 9.84 Å². The molecule has 5 nitrogen and oxygen atoms in total. The highest BCUT2D eigenvalue weighted by molar-refractivity contribution is 5.68. The highest BCUT2D eigenvalue weighted by Gasteiger charge is 2.08. The van der Waals surface area contributed by atoms with Gasteiger partial charge in [0.15, 0.2) is 6.61 Å². The summed E-state index contributed by atoms with van der Waals surface area (Å²) in [6.07, 6.45) is 0. The summed E-state index contributed by atoms with van der Waals surface area (Å²) in [4.78, 5) is 10.4. The van der Waals surface area contributed by atoms with Gasteiger partial charge in [-0.3, -0.25) is 0 Å². The molecule has 0 aliphatic heterocycles. The summed E-state index contributed by atoms with van der Waals surface area (Å²) in [5.41, 5.74) is 2.95. The maximum atomic E-state index is 10.4. The lowest BCUT2D eigenvalue weighted by atomic mass is 10.2. The Balaban J connectivity index is 2.26. The van der Waals surface area contributed by atoms with Crippen molar-refractivity contribution in [2.45, 2.75) is 13.8 Å². The third kappa shape index (κ3) is 2.68. The second-order valence-corrected chi connectivity index (χ2v) is 4.06. The number of hydrogen-bond donors (Lipinski definition) is 1. The zero-order chi connectivity index (χ0) is 13.1. The van der Waals surface area contributed by atoms with Crippen LogP contribution in [0.3, 0.4) is 0 Å². The molecule has 0 saturated carbocycles. The highest BCUT2D eigenvalue weighted by atomic mass is 16.5. The van der Waals surface area contributed by atoms with Crippen molar-refractivity contribution >= 4 is 5.97 Å². The predicted octanol–water partition coefficient (Wildman–Crippen LogP) is 1.95. The lowest BCUT2D eigenvalue weighted by molar-refractivity contribution is -0.139. The maximum Gasteiger partial charge on any atom is 0.341 e. The van der Waals surface area contributed by atoms with E-state index in [2.05, 4.69) is 5.10 Å². The Bertz CT molecular complexity index is 575. The molecule has 0 unspecified atom stereocenters. The number of benzene rings is 1. The molecule has 0 aliphatic rings. The lowest BCUT2D eigenvalue weighted by Gasteiger charge is -2.04. The summed E-state index contributed by atoms with van der Waals surface area (Å²) in [6, 6.07) is 9.61. The molecule has 0 spiro atoms. The van der Waals surface area contributed by atoms with Crippen LogP contribution in [-0.2, 0) is 4.79 Å². The van der Waals surface area contributed by atoms with Gasteiger partial charge in [-0.25, -0.2) is 9.48 Å². The molecule has 1 aromatic carbocycles. The minimum absolute atomic E-state index is 0.316. The van der Waals surface area contributed by atoms with Crippen LogP contribution in [0, 0.1) is 13.8 Å². The summed E-state index contributed by atoms with van der Waals surface area (Å²) in [7, 11) is 0. The number of rotatable bonds is 4. The molecule has 0 fully saturated rings. The Labute approximate surface area is 105 Å². The topological polar surface area (TPSA) is 64.4 Å². The summed E-state index contributed by atoms with van der Waals surface area (Å²) >= 11 is 0. The minimum Gasteiger partial charge on any atom is -0.479 e. The van der Waals surface area contributed by atoms with Gasteiger partial charge in [0.1, 0.15) is 0 Å². The van der Waals surface area contributed by atoms with Gasteiger partial charge in [-0.05, 0) is 31.5 Å². The van der Waals surface area contributed by atoms with E-state index in [4.69, 9.17) is 9.84 Å². The molecule has 5 heteroatoms. The van der Waals surface area contributed by atoms with Gasteiger partial charge in [0.25, 0.3) is 0 Å². The Hall–Kier alpha value is -2.30. The van der Waals surface area contributed by atoms with E-state index in [1.54, 1.807) is 10.7 Å². The van der Waals surface area contributed by atoms with Gasteiger partial charge in [0, 0.05) is 11.8 Å². The predicted molar refractivity (Wildman–Crippen MR) is 66.2 cm³/mol. The summed E-state index contributed by atoms with van der Waals surface area (Å²) in [5.74, 6) is -0.700. The van der Waals surface area contributed by atoms with Crippen molar-refractivity contribution in [3.63, 3.8) is 0 Å². The van der Waals surface area contributed by atoms with Crippen LogP contribution in [0.5, 0.6) is 5.88 Å². The van der Waals surface area contributed by atoms with Crippen molar-refractivity contribution in [3.05, 3.63) is 41.6 Å². The fraction of sp³-hybridized carbons (Fsp3) is 0.231. The van der Waals surface area contributed by atoms with Crippen molar-refractivity contribution in [2.75, 3.05) is 6.61 Å². The number of hydrogen-bond acceptors (Lipinski definition) is 3. The molecule has 2 rings (SSSR count). The zero-order valence-corrected chi connectivity index (χ0v) is 10.3. The Morgan fingerprint density at radius 3 is 2.83 bits per heavy atom. The van der Waals surface area contributed by atoms with Crippen LogP contribution in [0.15, 0.2) is 30.3 Å². The SMILES string of the molecule is Cc1cccc(-n2nc(OCC(=O)O)cc2C)c1. The van der Waals surface area contributed by atoms with Crippen LogP contribution in [0.2, 0.25) is 0 Å². The van der Waals surface area contributed by atoms with Gasteiger partial charge in [0.2, 0.25) is 5.88 Å². The molecule has 0 amide bonds.